The number of aromatic amines is 1. The molecule has 0 spiro atoms. The Hall–Kier alpha value is -3.23. The molecule has 6 rings (SSSR count). The highest BCUT2D eigenvalue weighted by Gasteiger charge is 2.42. The number of aromatic nitrogens is 2. The van der Waals surface area contributed by atoms with Crippen LogP contribution in [0.2, 0.25) is 0 Å². The van der Waals surface area contributed by atoms with Crippen molar-refractivity contribution in [3.63, 3.8) is 0 Å². The zero-order valence-electron chi connectivity index (χ0n) is 19.1. The van der Waals surface area contributed by atoms with E-state index in [1.165, 1.54) is 19.1 Å². The number of nitrogens with zero attached hydrogens (tertiary/aromatic N) is 1. The van der Waals surface area contributed by atoms with Crippen LogP contribution in [0.4, 0.5) is 17.6 Å². The smallest absolute Gasteiger partial charge is 0.252 e. The fraction of sp³-hybridized carbons (Fsp3) is 0.423. The van der Waals surface area contributed by atoms with E-state index < -0.39 is 46.7 Å². The lowest BCUT2D eigenvalue weighted by Gasteiger charge is -2.47. The second-order valence-electron chi connectivity index (χ2n) is 9.85. The summed E-state index contributed by atoms with van der Waals surface area (Å²) in [7, 11) is 0. The number of carbonyl (C=O) groups is 1. The van der Waals surface area contributed by atoms with Crippen molar-refractivity contribution in [2.75, 3.05) is 0 Å². The van der Waals surface area contributed by atoms with Gasteiger partial charge in [0.1, 0.15) is 11.6 Å². The molecule has 35 heavy (non-hydrogen) atoms. The molecule has 5 nitrogen and oxygen atoms in total. The van der Waals surface area contributed by atoms with E-state index in [1.54, 1.807) is 0 Å². The van der Waals surface area contributed by atoms with Gasteiger partial charge in [-0.15, -0.1) is 0 Å². The maximum atomic E-state index is 14.5. The van der Waals surface area contributed by atoms with Crippen molar-refractivity contribution in [3.05, 3.63) is 75.3 Å². The van der Waals surface area contributed by atoms with Gasteiger partial charge in [-0.2, -0.15) is 0 Å². The average Bonchev–Trinajstić information content (AvgIpc) is 2.79. The summed E-state index contributed by atoms with van der Waals surface area (Å²) in [5.41, 5.74) is -0.550. The van der Waals surface area contributed by atoms with Gasteiger partial charge >= 0.3 is 0 Å². The topological polar surface area (TPSA) is 74.8 Å². The highest BCUT2D eigenvalue weighted by Crippen LogP contribution is 2.51. The van der Waals surface area contributed by atoms with Crippen LogP contribution in [0, 0.1) is 41.0 Å². The minimum atomic E-state index is -1.11. The highest BCUT2D eigenvalue weighted by atomic mass is 19.2. The van der Waals surface area contributed by atoms with Crippen molar-refractivity contribution in [2.24, 2.45) is 17.8 Å². The molecule has 3 aliphatic rings. The van der Waals surface area contributed by atoms with E-state index in [0.717, 1.165) is 43.9 Å². The van der Waals surface area contributed by atoms with Crippen molar-refractivity contribution in [1.29, 1.82) is 0 Å². The maximum absolute atomic E-state index is 14.5. The Morgan fingerprint density at radius 2 is 1.91 bits per heavy atom. The van der Waals surface area contributed by atoms with Gasteiger partial charge in [0.25, 0.3) is 5.56 Å². The monoisotopic (exact) mass is 487 g/mol. The van der Waals surface area contributed by atoms with Gasteiger partial charge in [0.05, 0.1) is 29.4 Å². The molecule has 1 unspecified atom stereocenters. The first kappa shape index (κ1) is 23.5. The molecular formula is C26H25F4N3O2. The molecule has 3 saturated carbocycles. The molecule has 184 valence electrons. The minimum absolute atomic E-state index is 0.0284. The van der Waals surface area contributed by atoms with Crippen LogP contribution in [0.1, 0.15) is 62.2 Å². The zero-order valence-corrected chi connectivity index (χ0v) is 19.1. The summed E-state index contributed by atoms with van der Waals surface area (Å²) in [6.45, 7) is 1.51. The summed E-state index contributed by atoms with van der Waals surface area (Å²) in [6.07, 6.45) is 5.39. The van der Waals surface area contributed by atoms with E-state index in [-0.39, 0.29) is 28.1 Å². The molecule has 9 heteroatoms. The number of fused-ring (bicyclic) bond motifs is 3. The number of H-pyrrole nitrogens is 1. The first-order valence-corrected chi connectivity index (χ1v) is 11.8. The molecule has 1 amide bonds. The Labute approximate surface area is 199 Å². The van der Waals surface area contributed by atoms with Gasteiger partial charge in [0.15, 0.2) is 11.6 Å². The van der Waals surface area contributed by atoms with E-state index in [4.69, 9.17) is 0 Å². The molecule has 3 fully saturated rings. The largest absolute Gasteiger partial charge is 0.347 e. The first-order chi connectivity index (χ1) is 16.7. The second kappa shape index (κ2) is 9.09. The Balaban J connectivity index is 1.50. The van der Waals surface area contributed by atoms with Crippen LogP contribution in [0.15, 0.2) is 35.3 Å². The number of carbonyl (C=O) groups excluding carboxylic acids is 1. The summed E-state index contributed by atoms with van der Waals surface area (Å²) in [5, 5.41) is 2.57. The summed E-state index contributed by atoms with van der Waals surface area (Å²) >= 11 is 0. The molecule has 1 aromatic carbocycles. The molecule has 0 radical (unpaired) electrons. The summed E-state index contributed by atoms with van der Waals surface area (Å²) in [6, 6.07) is 3.22. The van der Waals surface area contributed by atoms with E-state index in [2.05, 4.69) is 15.3 Å². The summed E-state index contributed by atoms with van der Waals surface area (Å²) in [4.78, 5) is 32.8. The van der Waals surface area contributed by atoms with Crippen LogP contribution in [0.5, 0.6) is 0 Å². The van der Waals surface area contributed by atoms with Crippen molar-refractivity contribution >= 4 is 16.8 Å². The summed E-state index contributed by atoms with van der Waals surface area (Å²) < 4.78 is 55.9. The molecule has 2 bridgehead atoms. The predicted octanol–water partition coefficient (Wildman–Crippen LogP) is 5.27. The summed E-state index contributed by atoms with van der Waals surface area (Å²) in [5.74, 6) is -4.02. The fourth-order valence-corrected chi connectivity index (χ4v) is 5.70. The van der Waals surface area contributed by atoms with Gasteiger partial charge in [0.2, 0.25) is 5.91 Å². The zero-order chi connectivity index (χ0) is 24.9. The van der Waals surface area contributed by atoms with Gasteiger partial charge < -0.3 is 10.3 Å². The maximum Gasteiger partial charge on any atom is 0.252 e. The standard InChI is InChI=1S/C26H25F4N3O2/c1-12(24-21(29)9-16(27)11-31-24)32-25(34)17(8-14-3-2-13-6-15(14)7-13)18-10-19-22(33-26(18)35)5-4-20(28)23(19)30/h4-5,9-15,17H,2-3,6-8H2,1H3,(H,32,34)(H,33,35)/t12-,13?,14?,15?,17+/m0/s1. The Morgan fingerprint density at radius 3 is 2.60 bits per heavy atom. The molecule has 2 aromatic heterocycles. The van der Waals surface area contributed by atoms with Crippen LogP contribution in [-0.4, -0.2) is 15.9 Å². The van der Waals surface area contributed by atoms with E-state index in [0.29, 0.717) is 18.4 Å². The van der Waals surface area contributed by atoms with Crippen molar-refractivity contribution in [1.82, 2.24) is 15.3 Å². The third-order valence-corrected chi connectivity index (χ3v) is 7.66. The van der Waals surface area contributed by atoms with Crippen LogP contribution in [0.25, 0.3) is 10.9 Å². The Kier molecular flexibility index (Phi) is 6.11. The number of hydrogen-bond donors (Lipinski definition) is 2. The van der Waals surface area contributed by atoms with Crippen LogP contribution < -0.4 is 10.9 Å². The highest BCUT2D eigenvalue weighted by molar-refractivity contribution is 5.86. The molecule has 3 atom stereocenters. The first-order valence-electron chi connectivity index (χ1n) is 11.8. The molecule has 3 aliphatic carbocycles. The van der Waals surface area contributed by atoms with Gasteiger partial charge in [-0.3, -0.25) is 14.6 Å². The third kappa shape index (κ3) is 4.44. The Bertz CT molecular complexity index is 1350. The van der Waals surface area contributed by atoms with Crippen molar-refractivity contribution < 1.29 is 22.4 Å². The molecule has 3 aromatic rings. The third-order valence-electron chi connectivity index (χ3n) is 7.66. The minimum Gasteiger partial charge on any atom is -0.347 e. The lowest BCUT2D eigenvalue weighted by Crippen LogP contribution is -2.40. The predicted molar refractivity (Wildman–Crippen MR) is 121 cm³/mol. The van der Waals surface area contributed by atoms with Crippen LogP contribution in [0.3, 0.4) is 0 Å². The fourth-order valence-electron chi connectivity index (χ4n) is 5.70. The van der Waals surface area contributed by atoms with Crippen LogP contribution >= 0.6 is 0 Å². The van der Waals surface area contributed by atoms with Crippen molar-refractivity contribution in [2.45, 2.75) is 51.0 Å². The number of nitrogens with one attached hydrogen (secondary N) is 2. The van der Waals surface area contributed by atoms with Gasteiger partial charge in [-0.25, -0.2) is 17.6 Å². The number of benzene rings is 1. The molecule has 0 saturated heterocycles. The number of hydrogen-bond acceptors (Lipinski definition) is 3. The Morgan fingerprint density at radius 1 is 1.14 bits per heavy atom. The quantitative estimate of drug-likeness (QED) is 0.466. The lowest BCUT2D eigenvalue weighted by molar-refractivity contribution is -0.124. The SMILES string of the molecule is C[C@H](NC(=O)[C@H](CC1CCC2CC1C2)c1cc2c(F)c(F)ccc2[nH]c1=O)c1ncc(F)cc1F. The second-order valence-corrected chi connectivity index (χ2v) is 9.85. The molecule has 2 N–H and O–H groups in total. The molecular weight excluding hydrogens is 462 g/mol. The molecule has 2 heterocycles. The normalized spacial score (nSPS) is 22.9. The number of rotatable bonds is 6. The number of amides is 1. The van der Waals surface area contributed by atoms with Gasteiger partial charge in [-0.05, 0) is 68.6 Å². The van der Waals surface area contributed by atoms with E-state index >= 15 is 0 Å². The lowest BCUT2D eigenvalue weighted by atomic mass is 9.58. The number of pyridine rings is 2. The van der Waals surface area contributed by atoms with Crippen molar-refractivity contribution in [3.8, 4) is 0 Å². The van der Waals surface area contributed by atoms with Crippen LogP contribution in [-0.2, 0) is 4.79 Å². The van der Waals surface area contributed by atoms with E-state index in [9.17, 15) is 27.2 Å². The molecule has 0 aliphatic heterocycles. The van der Waals surface area contributed by atoms with Gasteiger partial charge in [0, 0.05) is 17.0 Å². The van der Waals surface area contributed by atoms with E-state index in [1.807, 2.05) is 0 Å². The number of halogens is 4. The average molecular weight is 487 g/mol. The van der Waals surface area contributed by atoms with Gasteiger partial charge in [-0.1, -0.05) is 6.42 Å².